The number of allylic oxidation sites excluding steroid dienone is 4. The van der Waals surface area contributed by atoms with Gasteiger partial charge in [0.05, 0.1) is 52.0 Å². The van der Waals surface area contributed by atoms with Crippen LogP contribution >= 0.6 is 15.9 Å². The number of likely N-dealkylation sites (tertiary alicyclic amines) is 2. The molecule has 766 valence electrons. The number of aromatic nitrogens is 9. The van der Waals surface area contributed by atoms with Crippen LogP contribution in [0.2, 0.25) is 0 Å². The smallest absolute Gasteiger partial charge is 0.393 e. The molecular formula is C110H117BrF12N14O8. The van der Waals surface area contributed by atoms with Crippen LogP contribution in [-0.4, -0.2) is 224 Å². The van der Waals surface area contributed by atoms with E-state index >= 15 is 8.78 Å². The molecule has 0 radical (unpaired) electrons. The van der Waals surface area contributed by atoms with Gasteiger partial charge in [0.2, 0.25) is 53.2 Å². The van der Waals surface area contributed by atoms with E-state index in [1.165, 1.54) is 50.3 Å². The van der Waals surface area contributed by atoms with Crippen LogP contribution in [0.3, 0.4) is 0 Å². The van der Waals surface area contributed by atoms with Crippen LogP contribution in [0.25, 0.3) is 66.1 Å². The van der Waals surface area contributed by atoms with Crippen molar-refractivity contribution in [1.82, 2.24) is 69.2 Å². The number of fused-ring (bicyclic) bond motifs is 3. The minimum Gasteiger partial charge on any atom is -0.474 e. The van der Waals surface area contributed by atoms with Crippen molar-refractivity contribution in [2.75, 3.05) is 100 Å². The molecule has 1 aliphatic carbocycles. The summed E-state index contributed by atoms with van der Waals surface area (Å²) in [6.45, 7) is 5.40. The van der Waals surface area contributed by atoms with Crippen molar-refractivity contribution in [3.05, 3.63) is 305 Å². The van der Waals surface area contributed by atoms with E-state index in [9.17, 15) is 58.3 Å². The maximum Gasteiger partial charge on any atom is 0.393 e. The van der Waals surface area contributed by atoms with Gasteiger partial charge in [-0.25, -0.2) is 24.3 Å². The monoisotopic (exact) mass is 2070 g/mol. The van der Waals surface area contributed by atoms with E-state index in [1.807, 2.05) is 12.2 Å². The minimum atomic E-state index is -4.52. The second-order valence-electron chi connectivity index (χ2n) is 36.8. The highest BCUT2D eigenvalue weighted by atomic mass is 79.9. The number of aromatic amines is 1. The lowest BCUT2D eigenvalue weighted by atomic mass is 9.88. The van der Waals surface area contributed by atoms with E-state index in [2.05, 4.69) is 61.1 Å². The van der Waals surface area contributed by atoms with Gasteiger partial charge in [0.15, 0.2) is 12.5 Å². The lowest BCUT2D eigenvalue weighted by molar-refractivity contribution is -0.124. The van der Waals surface area contributed by atoms with Crippen molar-refractivity contribution < 1.29 is 90.8 Å². The number of halogens is 13. The quantitative estimate of drug-likeness (QED) is 0.0209. The average molecular weight is 2070 g/mol. The molecule has 4 saturated heterocycles. The van der Waals surface area contributed by atoms with Crippen LogP contribution < -0.4 is 14.2 Å². The first-order valence-corrected chi connectivity index (χ1v) is 49.6. The first-order valence-electron chi connectivity index (χ1n) is 48.5. The SMILES string of the molecule is CN(C)C(=O)/C=C/CBr.CN(C)C(=O)/C=C/CN1CCC[C@H](Oc2ccc(/C(=C(/CC(F)(F)F)c3ccccc3)c3ccc4c(c3)c(F)nn4C3CCCCO3)cn2)C1.CN(C)C(=O)/C=C/CN1CCC[C@H](Oc2ccc(/C(=C(/CC(F)(F)F)c3ccccc3)c3ccc4n[nH]c(F)c4c3)cn2)C1.Fc1nn(C2CCCCO2)c2ccc(/C(=C(\CC(F)(F)F)c3ccccc3)c3ccc(OC4CCCCC4)nc3)cc12. The summed E-state index contributed by atoms with van der Waals surface area (Å²) in [5.41, 5.74) is 6.32. The van der Waals surface area contributed by atoms with Gasteiger partial charge in [-0.05, 0) is 230 Å². The Morgan fingerprint density at radius 2 is 0.752 bits per heavy atom. The summed E-state index contributed by atoms with van der Waals surface area (Å²) >= 11 is 3.17. The Balaban J connectivity index is 0.000000165. The molecule has 2 unspecified atom stereocenters. The lowest BCUT2D eigenvalue weighted by Crippen LogP contribution is -2.41. The van der Waals surface area contributed by atoms with E-state index in [-0.39, 0.29) is 80.7 Å². The van der Waals surface area contributed by atoms with Gasteiger partial charge in [-0.2, -0.15) is 57.8 Å². The Morgan fingerprint density at radius 3 is 1.10 bits per heavy atom. The molecular weight excluding hydrogens is 1950 g/mol. The molecule has 4 atom stereocenters. The number of likely N-dealkylation sites (N-methyl/N-ethyl adjacent to an activating group) is 3. The number of benzene rings is 6. The van der Waals surface area contributed by atoms with Crippen LogP contribution in [0.15, 0.2) is 237 Å². The van der Waals surface area contributed by atoms with Crippen molar-refractivity contribution in [1.29, 1.82) is 0 Å². The van der Waals surface area contributed by atoms with E-state index in [4.69, 9.17) is 23.7 Å². The summed E-state index contributed by atoms with van der Waals surface area (Å²) in [5.74, 6) is -1.05. The zero-order valence-corrected chi connectivity index (χ0v) is 83.1. The van der Waals surface area contributed by atoms with Crippen molar-refractivity contribution in [3.63, 3.8) is 0 Å². The third-order valence-electron chi connectivity index (χ3n) is 25.3. The van der Waals surface area contributed by atoms with Crippen LogP contribution in [-0.2, 0) is 23.9 Å². The summed E-state index contributed by atoms with van der Waals surface area (Å²) in [6.07, 6.45) is 10.6. The predicted molar refractivity (Wildman–Crippen MR) is 540 cm³/mol. The number of piperidine rings is 2. The Labute approximate surface area is 842 Å². The molecule has 1 N–H and O–H groups in total. The highest BCUT2D eigenvalue weighted by molar-refractivity contribution is 9.09. The number of amides is 3. The second kappa shape index (κ2) is 50.6. The van der Waals surface area contributed by atoms with Crippen molar-refractivity contribution in [2.45, 2.75) is 165 Å². The zero-order valence-electron chi connectivity index (χ0n) is 81.5. The largest absolute Gasteiger partial charge is 0.474 e. The molecule has 5 aliphatic rings. The third-order valence-corrected chi connectivity index (χ3v) is 25.7. The first-order chi connectivity index (χ1) is 69.7. The van der Waals surface area contributed by atoms with Crippen LogP contribution in [0.5, 0.6) is 17.6 Å². The minimum absolute atomic E-state index is 0.0226. The molecule has 10 heterocycles. The van der Waals surface area contributed by atoms with Gasteiger partial charge in [-0.15, -0.1) is 10.2 Å². The Morgan fingerprint density at radius 1 is 0.407 bits per heavy atom. The predicted octanol–water partition coefficient (Wildman–Crippen LogP) is 24.1. The van der Waals surface area contributed by atoms with Crippen LogP contribution in [0.1, 0.15) is 178 Å². The summed E-state index contributed by atoms with van der Waals surface area (Å²) < 4.78 is 205. The van der Waals surface area contributed by atoms with Gasteiger partial charge in [-0.3, -0.25) is 29.3 Å². The highest BCUT2D eigenvalue weighted by Crippen LogP contribution is 2.46. The number of alkyl halides is 10. The molecule has 3 amide bonds. The molecule has 145 heavy (non-hydrogen) atoms. The fourth-order valence-corrected chi connectivity index (χ4v) is 18.4. The topological polar surface area (TPSA) is 217 Å². The van der Waals surface area contributed by atoms with Crippen molar-refractivity contribution in [2.24, 2.45) is 0 Å². The molecule has 1 saturated carbocycles. The van der Waals surface area contributed by atoms with E-state index < -0.39 is 61.9 Å². The number of ether oxygens (including phenoxy) is 5. The number of hydrogen-bond donors (Lipinski definition) is 1. The van der Waals surface area contributed by atoms with Gasteiger partial charge >= 0.3 is 18.5 Å². The maximum atomic E-state index is 15.4. The van der Waals surface area contributed by atoms with Crippen LogP contribution in [0.4, 0.5) is 52.7 Å². The third kappa shape index (κ3) is 30.3. The van der Waals surface area contributed by atoms with Gasteiger partial charge in [-0.1, -0.05) is 150 Å². The number of rotatable bonds is 28. The van der Waals surface area contributed by atoms with Gasteiger partial charge < -0.3 is 38.4 Å². The number of nitrogens with zero attached hydrogens (tertiary/aromatic N) is 13. The number of nitrogens with one attached hydrogen (secondary N) is 1. The maximum absolute atomic E-state index is 15.4. The Kier molecular flexibility index (Phi) is 37.6. The Hall–Kier alpha value is -13.1. The number of carbonyl (C=O) groups excluding carboxylic acids is 3. The van der Waals surface area contributed by atoms with Crippen molar-refractivity contribution in [3.8, 4) is 17.6 Å². The number of carbonyl (C=O) groups is 3. The molecule has 5 fully saturated rings. The standard InChI is InChI=1S/C38H41F4N5O3.C33H33F4N5O2.C33H33F4N3O2.C6H10BrNO/c1-45(2)34(48)13-9-20-46-19-8-12-29(25-46)50-33-18-16-28(24-43-33)36(31(23-38(40,41)42)26-10-4-3-5-11-26)27-15-17-32-30(22-27)37(39)44-47(32)35-14-6-7-21-49-35;1-41(2)30(43)11-7-17-42-16-6-10-25(21-42)44-29-15-13-24(20-38-29)31(23-12-14-28-26(18-23)32(34)40-39-28)27(19-33(35,36)37)22-8-4-3-5-9-22;34-32-26-19-23(14-16-28(26)40(39-32)30-13-7-8-18-41-30)31(27(20-33(35,36)37)22-9-3-1-4-10-22)24-15-17-29(38-21-24)42-25-11-5-2-6-12-25;1-8(2)6(9)4-3-5-7/h3-5,9-11,13,15-18,22,24,29,35H,6-8,12,14,19-21,23,25H2,1-2H3;3-5,7-9,11-15,18,20,25H,6,10,16-17,19,21H2,1-2H3,(H,39,40);1,3-4,9-10,14-17,19,21,25,30H,2,5-8,11-13,18,20H2;3-4H,5H2,1-2H3/b13-9+,36-31-;11-7+,31-27-;31-27-;4-3+/t29-,35?;25-;;/m00../s1. The molecule has 22 nitrogen and oxygen atoms in total. The van der Waals surface area contributed by atoms with E-state index in [0.717, 1.165) is 95.5 Å². The molecule has 12 aromatic rings. The summed E-state index contributed by atoms with van der Waals surface area (Å²) in [5, 5.41) is 15.8. The molecule has 6 aromatic heterocycles. The van der Waals surface area contributed by atoms with Gasteiger partial charge in [0.1, 0.15) is 18.3 Å². The second-order valence-corrected chi connectivity index (χ2v) is 37.4. The fraction of sp³-hybridized carbons (Fsp3) is 0.373. The fourth-order valence-electron chi connectivity index (χ4n) is 18.2. The lowest BCUT2D eigenvalue weighted by Gasteiger charge is -2.31. The molecule has 4 aliphatic heterocycles. The summed E-state index contributed by atoms with van der Waals surface area (Å²) in [6, 6.07) is 50.1. The Bertz CT molecular complexity index is 6510. The van der Waals surface area contributed by atoms with E-state index in [1.54, 1.807) is 247 Å². The van der Waals surface area contributed by atoms with Crippen molar-refractivity contribution >= 4 is 99.8 Å². The zero-order chi connectivity index (χ0) is 103. The molecule has 35 heteroatoms. The first kappa shape index (κ1) is 108. The molecule has 6 aromatic carbocycles. The normalized spacial score (nSPS) is 18.0. The molecule has 0 spiro atoms. The summed E-state index contributed by atoms with van der Waals surface area (Å²) in [7, 11) is 10.3. The summed E-state index contributed by atoms with van der Waals surface area (Å²) in [4.78, 5) is 56.9. The van der Waals surface area contributed by atoms with Crippen LogP contribution in [0, 0.1) is 17.8 Å². The number of hydrogen-bond acceptors (Lipinski definition) is 16. The van der Waals surface area contributed by atoms with Gasteiger partial charge in [0.25, 0.3) is 0 Å². The highest BCUT2D eigenvalue weighted by Gasteiger charge is 2.37. The number of H-pyrrole nitrogens is 1. The average Bonchev–Trinajstić information content (AvgIpc) is 1.61. The number of pyridine rings is 3. The van der Waals surface area contributed by atoms with E-state index in [0.29, 0.717) is 148 Å². The van der Waals surface area contributed by atoms with Gasteiger partial charge in [0, 0.05) is 153 Å². The molecule has 17 rings (SSSR count). The molecule has 0 bridgehead atoms.